The molecule has 0 saturated carbocycles. The lowest BCUT2D eigenvalue weighted by Gasteiger charge is -2.08. The molecule has 6 nitrogen and oxygen atoms in total. The molecule has 1 heterocycles. The first kappa shape index (κ1) is 12.0. The molecule has 0 aliphatic heterocycles. The number of nitrogens with one attached hydrogen (secondary N) is 1. The second-order valence-electron chi connectivity index (χ2n) is 3.57. The molecule has 0 fully saturated rings. The standard InChI is InChI=1S/C12H12N2O4/c1-17-10-4-3-9-11(12(10)18-2)8(7-13-9)5-6-14(15)16/h3-7,13H,1-2H3/b6-5-. The second-order valence-corrected chi connectivity index (χ2v) is 3.57. The molecule has 0 aliphatic rings. The van der Waals surface area contributed by atoms with Gasteiger partial charge >= 0.3 is 0 Å². The number of benzene rings is 1. The highest BCUT2D eigenvalue weighted by atomic mass is 16.6. The van der Waals surface area contributed by atoms with E-state index in [0.29, 0.717) is 17.1 Å². The van der Waals surface area contributed by atoms with Gasteiger partial charge < -0.3 is 14.5 Å². The fourth-order valence-electron chi connectivity index (χ4n) is 1.83. The predicted molar refractivity (Wildman–Crippen MR) is 67.4 cm³/mol. The normalized spacial score (nSPS) is 11.0. The van der Waals surface area contributed by atoms with Gasteiger partial charge in [0.2, 0.25) is 6.20 Å². The third kappa shape index (κ3) is 2.00. The quantitative estimate of drug-likeness (QED) is 0.665. The van der Waals surface area contributed by atoms with Crippen molar-refractivity contribution >= 4 is 17.0 Å². The topological polar surface area (TPSA) is 77.4 Å². The van der Waals surface area contributed by atoms with Crippen LogP contribution in [0.2, 0.25) is 0 Å². The monoisotopic (exact) mass is 248 g/mol. The summed E-state index contributed by atoms with van der Waals surface area (Å²) in [7, 11) is 3.08. The smallest absolute Gasteiger partial charge is 0.235 e. The molecule has 94 valence electrons. The first-order chi connectivity index (χ1) is 8.67. The number of nitro groups is 1. The highest BCUT2D eigenvalue weighted by Gasteiger charge is 2.13. The lowest BCUT2D eigenvalue weighted by Crippen LogP contribution is -1.91. The molecule has 6 heteroatoms. The van der Waals surface area contributed by atoms with Crippen LogP contribution in [0.4, 0.5) is 0 Å². The lowest BCUT2D eigenvalue weighted by atomic mass is 10.1. The van der Waals surface area contributed by atoms with Gasteiger partial charge in [0.15, 0.2) is 11.5 Å². The van der Waals surface area contributed by atoms with E-state index >= 15 is 0 Å². The van der Waals surface area contributed by atoms with E-state index < -0.39 is 4.92 Å². The van der Waals surface area contributed by atoms with Crippen LogP contribution in [0.5, 0.6) is 11.5 Å². The number of methoxy groups -OCH3 is 2. The van der Waals surface area contributed by atoms with Crippen molar-refractivity contribution < 1.29 is 14.4 Å². The molecule has 0 unspecified atom stereocenters. The third-order valence-corrected chi connectivity index (χ3v) is 2.59. The van der Waals surface area contributed by atoms with Crippen molar-refractivity contribution in [1.29, 1.82) is 0 Å². The number of nitrogens with zero attached hydrogens (tertiary/aromatic N) is 1. The van der Waals surface area contributed by atoms with Gasteiger partial charge in [0.25, 0.3) is 0 Å². The summed E-state index contributed by atoms with van der Waals surface area (Å²) < 4.78 is 10.5. The fourth-order valence-corrected chi connectivity index (χ4v) is 1.83. The van der Waals surface area contributed by atoms with E-state index in [2.05, 4.69) is 4.98 Å². The third-order valence-electron chi connectivity index (χ3n) is 2.59. The number of hydrogen-bond acceptors (Lipinski definition) is 4. The minimum Gasteiger partial charge on any atom is -0.493 e. The summed E-state index contributed by atoms with van der Waals surface area (Å²) in [6.45, 7) is 0. The van der Waals surface area contributed by atoms with Gasteiger partial charge in [-0.3, -0.25) is 10.1 Å². The van der Waals surface area contributed by atoms with Gasteiger partial charge in [0.1, 0.15) is 0 Å². The Morgan fingerprint density at radius 3 is 2.72 bits per heavy atom. The molecule has 0 amide bonds. The van der Waals surface area contributed by atoms with Crippen LogP contribution in [-0.4, -0.2) is 24.1 Å². The molecule has 18 heavy (non-hydrogen) atoms. The number of aromatic nitrogens is 1. The van der Waals surface area contributed by atoms with E-state index in [1.807, 2.05) is 6.07 Å². The van der Waals surface area contributed by atoms with Gasteiger partial charge in [0, 0.05) is 17.8 Å². The fraction of sp³-hybridized carbons (Fsp3) is 0.167. The summed E-state index contributed by atoms with van der Waals surface area (Å²) in [6.07, 6.45) is 3.99. The maximum atomic E-state index is 10.4. The van der Waals surface area contributed by atoms with Gasteiger partial charge in [-0.1, -0.05) is 0 Å². The Bertz CT molecular complexity index is 616. The molecule has 0 atom stereocenters. The SMILES string of the molecule is COc1ccc2[nH]cc(/C=C\[N+](=O)[O-])c2c1OC. The van der Waals surface area contributed by atoms with Crippen molar-refractivity contribution in [3.63, 3.8) is 0 Å². The summed E-state index contributed by atoms with van der Waals surface area (Å²) >= 11 is 0. The Morgan fingerprint density at radius 1 is 1.33 bits per heavy atom. The minimum atomic E-state index is -0.508. The molecular formula is C12H12N2O4. The van der Waals surface area contributed by atoms with Crippen molar-refractivity contribution in [1.82, 2.24) is 4.98 Å². The van der Waals surface area contributed by atoms with E-state index in [1.54, 1.807) is 19.4 Å². The van der Waals surface area contributed by atoms with Crippen LogP contribution in [0.3, 0.4) is 0 Å². The Balaban J connectivity index is 2.65. The molecule has 0 bridgehead atoms. The molecule has 1 N–H and O–H groups in total. The second kappa shape index (κ2) is 4.79. The summed E-state index contributed by atoms with van der Waals surface area (Å²) in [5, 5.41) is 11.1. The summed E-state index contributed by atoms with van der Waals surface area (Å²) in [4.78, 5) is 12.9. The predicted octanol–water partition coefficient (Wildman–Crippen LogP) is 2.43. The van der Waals surface area contributed by atoms with Gasteiger partial charge in [-0.2, -0.15) is 0 Å². The lowest BCUT2D eigenvalue weighted by molar-refractivity contribution is -0.400. The Hall–Kier alpha value is -2.50. The van der Waals surface area contributed by atoms with Gasteiger partial charge in [0.05, 0.1) is 30.0 Å². The maximum absolute atomic E-state index is 10.4. The first-order valence-corrected chi connectivity index (χ1v) is 5.21. The molecule has 0 radical (unpaired) electrons. The van der Waals surface area contributed by atoms with Crippen molar-refractivity contribution in [3.05, 3.63) is 40.2 Å². The van der Waals surface area contributed by atoms with Gasteiger partial charge in [-0.05, 0) is 12.1 Å². The molecule has 1 aromatic heterocycles. The van der Waals surface area contributed by atoms with Crippen LogP contribution in [0, 0.1) is 10.1 Å². The molecular weight excluding hydrogens is 236 g/mol. The number of fused-ring (bicyclic) bond motifs is 1. The van der Waals surface area contributed by atoms with Crippen molar-refractivity contribution in [2.75, 3.05) is 14.2 Å². The van der Waals surface area contributed by atoms with E-state index in [-0.39, 0.29) is 0 Å². The van der Waals surface area contributed by atoms with Gasteiger partial charge in [-0.25, -0.2) is 0 Å². The van der Waals surface area contributed by atoms with E-state index in [9.17, 15) is 10.1 Å². The van der Waals surface area contributed by atoms with Crippen molar-refractivity contribution in [2.45, 2.75) is 0 Å². The number of ether oxygens (including phenoxy) is 2. The number of rotatable bonds is 4. The van der Waals surface area contributed by atoms with E-state index in [1.165, 1.54) is 13.2 Å². The van der Waals surface area contributed by atoms with E-state index in [0.717, 1.165) is 17.1 Å². The Labute approximate surface area is 103 Å². The maximum Gasteiger partial charge on any atom is 0.235 e. The average molecular weight is 248 g/mol. The zero-order valence-corrected chi connectivity index (χ0v) is 9.97. The number of H-pyrrole nitrogens is 1. The minimum absolute atomic E-state index is 0.508. The molecule has 2 aromatic rings. The van der Waals surface area contributed by atoms with Crippen LogP contribution in [0.15, 0.2) is 24.5 Å². The summed E-state index contributed by atoms with van der Waals surface area (Å²) in [5.41, 5.74) is 1.51. The van der Waals surface area contributed by atoms with Crippen LogP contribution >= 0.6 is 0 Å². The summed E-state index contributed by atoms with van der Waals surface area (Å²) in [6, 6.07) is 3.61. The Morgan fingerprint density at radius 2 is 2.11 bits per heavy atom. The van der Waals surface area contributed by atoms with Crippen LogP contribution in [0.25, 0.3) is 17.0 Å². The average Bonchev–Trinajstić information content (AvgIpc) is 2.78. The van der Waals surface area contributed by atoms with Crippen LogP contribution < -0.4 is 9.47 Å². The first-order valence-electron chi connectivity index (χ1n) is 5.21. The van der Waals surface area contributed by atoms with E-state index in [4.69, 9.17) is 9.47 Å². The van der Waals surface area contributed by atoms with Crippen LogP contribution in [-0.2, 0) is 0 Å². The largest absolute Gasteiger partial charge is 0.493 e. The number of aromatic amines is 1. The highest BCUT2D eigenvalue weighted by Crippen LogP contribution is 2.37. The zero-order valence-electron chi connectivity index (χ0n) is 9.97. The zero-order chi connectivity index (χ0) is 13.1. The molecule has 0 aliphatic carbocycles. The molecule has 0 saturated heterocycles. The van der Waals surface area contributed by atoms with Crippen molar-refractivity contribution in [3.8, 4) is 11.5 Å². The Kier molecular flexibility index (Phi) is 3.18. The molecule has 2 rings (SSSR count). The highest BCUT2D eigenvalue weighted by molar-refractivity contribution is 5.95. The molecule has 1 aromatic carbocycles. The summed E-state index contributed by atoms with van der Waals surface area (Å²) in [5.74, 6) is 1.14. The van der Waals surface area contributed by atoms with Crippen molar-refractivity contribution in [2.24, 2.45) is 0 Å². The van der Waals surface area contributed by atoms with Gasteiger partial charge in [-0.15, -0.1) is 0 Å². The van der Waals surface area contributed by atoms with Crippen LogP contribution in [0.1, 0.15) is 5.56 Å². The molecule has 0 spiro atoms. The number of hydrogen-bond donors (Lipinski definition) is 1.